The van der Waals surface area contributed by atoms with Crippen LogP contribution in [0.1, 0.15) is 37.5 Å². The third-order valence-corrected chi connectivity index (χ3v) is 4.07. The highest BCUT2D eigenvalue weighted by molar-refractivity contribution is 5.80. The predicted octanol–water partition coefficient (Wildman–Crippen LogP) is 4.18. The summed E-state index contributed by atoms with van der Waals surface area (Å²) in [6.45, 7) is 10.0. The Balaban J connectivity index is 1.97. The molecule has 1 atom stereocenters. The van der Waals surface area contributed by atoms with Crippen molar-refractivity contribution in [2.45, 2.75) is 53.4 Å². The number of amides is 1. The fourth-order valence-corrected chi connectivity index (χ4v) is 2.58. The fraction of sp³-hybridized carbons (Fsp3) is 0.409. The Bertz CT molecular complexity index is 786. The van der Waals surface area contributed by atoms with Crippen molar-refractivity contribution in [3.05, 3.63) is 53.1 Å². The molecular formula is C22H29NO4. The van der Waals surface area contributed by atoms with Crippen LogP contribution >= 0.6 is 0 Å². The van der Waals surface area contributed by atoms with E-state index in [2.05, 4.69) is 5.32 Å². The molecule has 1 N–H and O–H groups in total. The number of hydrogen-bond donors (Lipinski definition) is 1. The lowest BCUT2D eigenvalue weighted by Gasteiger charge is -2.17. The van der Waals surface area contributed by atoms with Crippen LogP contribution in [0.3, 0.4) is 0 Å². The third-order valence-electron chi connectivity index (χ3n) is 4.07. The van der Waals surface area contributed by atoms with E-state index in [0.717, 1.165) is 22.4 Å². The summed E-state index contributed by atoms with van der Waals surface area (Å²) >= 11 is 0. The summed E-state index contributed by atoms with van der Waals surface area (Å²) in [4.78, 5) is 12.4. The van der Waals surface area contributed by atoms with Crippen LogP contribution in [0.4, 0.5) is 0 Å². The van der Waals surface area contributed by atoms with Gasteiger partial charge in [0.05, 0.1) is 13.2 Å². The van der Waals surface area contributed by atoms with Crippen molar-refractivity contribution in [1.29, 1.82) is 0 Å². The SMILES string of the molecule is COc1cc(CNC(=O)[C@@H](C)Oc2cc(C)ccc2C)ccc1OC(C)C. The average Bonchev–Trinajstić information content (AvgIpc) is 2.63. The minimum absolute atomic E-state index is 0.0625. The summed E-state index contributed by atoms with van der Waals surface area (Å²) in [5.74, 6) is 1.90. The highest BCUT2D eigenvalue weighted by atomic mass is 16.5. The third kappa shape index (κ3) is 5.91. The quantitative estimate of drug-likeness (QED) is 0.756. The molecule has 0 unspecified atom stereocenters. The van der Waals surface area contributed by atoms with E-state index in [-0.39, 0.29) is 12.0 Å². The van der Waals surface area contributed by atoms with E-state index >= 15 is 0 Å². The topological polar surface area (TPSA) is 56.8 Å². The number of ether oxygens (including phenoxy) is 3. The lowest BCUT2D eigenvalue weighted by atomic mass is 10.1. The molecule has 0 aromatic heterocycles. The first-order chi connectivity index (χ1) is 12.8. The Kier molecular flexibility index (Phi) is 7.11. The van der Waals surface area contributed by atoms with Crippen LogP contribution in [-0.4, -0.2) is 25.2 Å². The van der Waals surface area contributed by atoms with Gasteiger partial charge in [0.2, 0.25) is 0 Å². The van der Waals surface area contributed by atoms with Crippen molar-refractivity contribution in [1.82, 2.24) is 5.32 Å². The molecule has 2 rings (SSSR count). The molecule has 0 saturated carbocycles. The van der Waals surface area contributed by atoms with Crippen molar-refractivity contribution in [3.8, 4) is 17.2 Å². The Morgan fingerprint density at radius 3 is 2.37 bits per heavy atom. The maximum absolute atomic E-state index is 12.4. The van der Waals surface area contributed by atoms with Gasteiger partial charge < -0.3 is 19.5 Å². The Morgan fingerprint density at radius 2 is 1.70 bits per heavy atom. The second kappa shape index (κ2) is 9.31. The second-order valence-corrected chi connectivity index (χ2v) is 6.90. The maximum Gasteiger partial charge on any atom is 0.261 e. The van der Waals surface area contributed by atoms with Gasteiger partial charge >= 0.3 is 0 Å². The summed E-state index contributed by atoms with van der Waals surface area (Å²) in [6, 6.07) is 11.6. The molecule has 2 aromatic rings. The van der Waals surface area contributed by atoms with Gasteiger partial charge in [0.15, 0.2) is 17.6 Å². The first kappa shape index (κ1) is 20.6. The summed E-state index contributed by atoms with van der Waals surface area (Å²) < 4.78 is 16.9. The molecule has 0 saturated heterocycles. The normalized spacial score (nSPS) is 11.8. The molecule has 0 bridgehead atoms. The number of carbonyl (C=O) groups is 1. The molecule has 0 fully saturated rings. The number of aryl methyl sites for hydroxylation is 2. The summed E-state index contributed by atoms with van der Waals surface area (Å²) in [5, 5.41) is 2.90. The molecule has 0 aliphatic carbocycles. The van der Waals surface area contributed by atoms with Gasteiger partial charge in [-0.3, -0.25) is 4.79 Å². The van der Waals surface area contributed by atoms with E-state index in [1.54, 1.807) is 14.0 Å². The number of hydrogen-bond acceptors (Lipinski definition) is 4. The van der Waals surface area contributed by atoms with Crippen molar-refractivity contribution >= 4 is 5.91 Å². The van der Waals surface area contributed by atoms with Crippen molar-refractivity contribution < 1.29 is 19.0 Å². The Hall–Kier alpha value is -2.69. The number of rotatable bonds is 8. The highest BCUT2D eigenvalue weighted by Gasteiger charge is 2.16. The molecule has 0 spiro atoms. The number of nitrogens with one attached hydrogen (secondary N) is 1. The Morgan fingerprint density at radius 1 is 0.963 bits per heavy atom. The zero-order valence-corrected chi connectivity index (χ0v) is 17.0. The molecule has 2 aromatic carbocycles. The molecule has 5 heteroatoms. The van der Waals surface area contributed by atoms with Crippen molar-refractivity contribution in [3.63, 3.8) is 0 Å². The van der Waals surface area contributed by atoms with Crippen LogP contribution in [0.2, 0.25) is 0 Å². The van der Waals surface area contributed by atoms with Gasteiger partial charge in [0.1, 0.15) is 5.75 Å². The minimum Gasteiger partial charge on any atom is -0.493 e. The molecule has 1 amide bonds. The van der Waals surface area contributed by atoms with E-state index in [1.165, 1.54) is 0 Å². The van der Waals surface area contributed by atoms with Crippen LogP contribution in [0, 0.1) is 13.8 Å². The fourth-order valence-electron chi connectivity index (χ4n) is 2.58. The summed E-state index contributed by atoms with van der Waals surface area (Å²) in [6.07, 6.45) is -0.525. The minimum atomic E-state index is -0.587. The average molecular weight is 371 g/mol. The van der Waals surface area contributed by atoms with Gasteiger partial charge in [-0.25, -0.2) is 0 Å². The van der Waals surface area contributed by atoms with Crippen LogP contribution in [0.15, 0.2) is 36.4 Å². The van der Waals surface area contributed by atoms with Crippen LogP contribution in [0.25, 0.3) is 0 Å². The van der Waals surface area contributed by atoms with Gasteiger partial charge in [-0.15, -0.1) is 0 Å². The van der Waals surface area contributed by atoms with E-state index in [9.17, 15) is 4.79 Å². The Labute approximate surface area is 161 Å². The zero-order chi connectivity index (χ0) is 20.0. The van der Waals surface area contributed by atoms with Crippen molar-refractivity contribution in [2.75, 3.05) is 7.11 Å². The molecule has 0 heterocycles. The first-order valence-electron chi connectivity index (χ1n) is 9.15. The summed E-state index contributed by atoms with van der Waals surface area (Å²) in [5.41, 5.74) is 3.03. The van der Waals surface area contributed by atoms with E-state index < -0.39 is 6.10 Å². The van der Waals surface area contributed by atoms with Crippen LogP contribution in [0.5, 0.6) is 17.2 Å². The van der Waals surface area contributed by atoms with Gasteiger partial charge in [0.25, 0.3) is 5.91 Å². The van der Waals surface area contributed by atoms with E-state index in [4.69, 9.17) is 14.2 Å². The molecular weight excluding hydrogens is 342 g/mol. The van der Waals surface area contributed by atoms with Gasteiger partial charge in [-0.1, -0.05) is 18.2 Å². The first-order valence-corrected chi connectivity index (χ1v) is 9.15. The highest BCUT2D eigenvalue weighted by Crippen LogP contribution is 2.29. The molecule has 27 heavy (non-hydrogen) atoms. The molecule has 0 aliphatic rings. The molecule has 146 valence electrons. The zero-order valence-electron chi connectivity index (χ0n) is 17.0. The predicted molar refractivity (Wildman–Crippen MR) is 107 cm³/mol. The summed E-state index contributed by atoms with van der Waals surface area (Å²) in [7, 11) is 1.60. The van der Waals surface area contributed by atoms with Gasteiger partial charge in [-0.2, -0.15) is 0 Å². The van der Waals surface area contributed by atoms with Gasteiger partial charge in [0, 0.05) is 6.54 Å². The molecule has 5 nitrogen and oxygen atoms in total. The van der Waals surface area contributed by atoms with Crippen molar-refractivity contribution in [2.24, 2.45) is 0 Å². The largest absolute Gasteiger partial charge is 0.493 e. The lowest BCUT2D eigenvalue weighted by molar-refractivity contribution is -0.127. The monoisotopic (exact) mass is 371 g/mol. The van der Waals surface area contributed by atoms with Crippen LogP contribution in [-0.2, 0) is 11.3 Å². The lowest BCUT2D eigenvalue weighted by Crippen LogP contribution is -2.36. The standard InChI is InChI=1S/C22H29NO4/c1-14(2)26-19-10-9-18(12-21(19)25-6)13-23-22(24)17(5)27-20-11-15(3)7-8-16(20)4/h7-12,14,17H,13H2,1-6H3,(H,23,24)/t17-/m1/s1. The maximum atomic E-state index is 12.4. The van der Waals surface area contributed by atoms with Gasteiger partial charge in [-0.05, 0) is 69.5 Å². The smallest absolute Gasteiger partial charge is 0.261 e. The molecule has 0 aliphatic heterocycles. The van der Waals surface area contributed by atoms with Crippen LogP contribution < -0.4 is 19.5 Å². The van der Waals surface area contributed by atoms with E-state index in [0.29, 0.717) is 18.0 Å². The van der Waals surface area contributed by atoms with E-state index in [1.807, 2.05) is 64.1 Å². The number of methoxy groups -OCH3 is 1. The number of carbonyl (C=O) groups excluding carboxylic acids is 1. The molecule has 0 radical (unpaired) electrons. The second-order valence-electron chi connectivity index (χ2n) is 6.90. The number of benzene rings is 2.